The molecule has 1 aliphatic rings. The van der Waals surface area contributed by atoms with Crippen molar-refractivity contribution in [2.24, 2.45) is 0 Å². The first-order chi connectivity index (χ1) is 9.15. The van der Waals surface area contributed by atoms with E-state index in [0.717, 1.165) is 38.2 Å². The van der Waals surface area contributed by atoms with Crippen molar-refractivity contribution >= 4 is 12.0 Å². The summed E-state index contributed by atoms with van der Waals surface area (Å²) in [5.74, 6) is 0. The predicted octanol–water partition coefficient (Wildman–Crippen LogP) is 1.90. The van der Waals surface area contributed by atoms with E-state index in [1.807, 2.05) is 6.07 Å². The Kier molecular flexibility index (Phi) is 4.18. The third kappa shape index (κ3) is 2.94. The normalized spacial score (nSPS) is 16.4. The number of hydrogen-bond donors (Lipinski definition) is 0. The van der Waals surface area contributed by atoms with Crippen LogP contribution in [0.5, 0.6) is 0 Å². The summed E-state index contributed by atoms with van der Waals surface area (Å²) in [4.78, 5) is 15.4. The van der Waals surface area contributed by atoms with Crippen LogP contribution in [0.25, 0.3) is 0 Å². The second kappa shape index (κ2) is 5.85. The van der Waals surface area contributed by atoms with Crippen LogP contribution in [0, 0.1) is 11.3 Å². The van der Waals surface area contributed by atoms with Crippen molar-refractivity contribution in [2.75, 3.05) is 31.1 Å². The first-order valence-corrected chi connectivity index (χ1v) is 6.64. The Balaban J connectivity index is 2.16. The Bertz CT molecular complexity index is 497. The highest BCUT2D eigenvalue weighted by Crippen LogP contribution is 2.22. The quantitative estimate of drug-likeness (QED) is 0.776. The average Bonchev–Trinajstić information content (AvgIpc) is 2.46. The molecule has 0 saturated carbocycles. The number of anilines is 1. The van der Waals surface area contributed by atoms with Gasteiger partial charge in [-0.25, -0.2) is 0 Å². The maximum atomic E-state index is 10.8. The highest BCUT2D eigenvalue weighted by molar-refractivity contribution is 5.78. The van der Waals surface area contributed by atoms with E-state index in [1.54, 1.807) is 12.1 Å². The van der Waals surface area contributed by atoms with Gasteiger partial charge in [-0.15, -0.1) is 0 Å². The van der Waals surface area contributed by atoms with Gasteiger partial charge in [-0.1, -0.05) is 0 Å². The minimum atomic E-state index is 0.557. The van der Waals surface area contributed by atoms with E-state index in [-0.39, 0.29) is 0 Å². The standard InChI is InChI=1S/C15H19N3O/c1-12(2)17-5-7-18(8-6-17)15-4-3-13(11-19)9-14(15)10-16/h3-4,9,11-12H,5-8H2,1-2H3. The Morgan fingerprint density at radius 1 is 1.26 bits per heavy atom. The van der Waals surface area contributed by atoms with Crippen LogP contribution in [0.3, 0.4) is 0 Å². The lowest BCUT2D eigenvalue weighted by Crippen LogP contribution is -2.49. The molecule has 0 amide bonds. The van der Waals surface area contributed by atoms with Gasteiger partial charge < -0.3 is 4.90 Å². The smallest absolute Gasteiger partial charge is 0.150 e. The highest BCUT2D eigenvalue weighted by atomic mass is 16.1. The number of benzene rings is 1. The molecule has 1 heterocycles. The van der Waals surface area contributed by atoms with Crippen LogP contribution in [0.1, 0.15) is 29.8 Å². The fourth-order valence-electron chi connectivity index (χ4n) is 2.47. The van der Waals surface area contributed by atoms with Crippen molar-refractivity contribution in [1.29, 1.82) is 5.26 Å². The first-order valence-electron chi connectivity index (χ1n) is 6.64. The SMILES string of the molecule is CC(C)N1CCN(c2ccc(C=O)cc2C#N)CC1. The summed E-state index contributed by atoms with van der Waals surface area (Å²) >= 11 is 0. The molecule has 1 aromatic rings. The van der Waals surface area contributed by atoms with E-state index in [1.165, 1.54) is 0 Å². The van der Waals surface area contributed by atoms with Gasteiger partial charge in [0.15, 0.2) is 0 Å². The largest absolute Gasteiger partial charge is 0.368 e. The van der Waals surface area contributed by atoms with E-state index < -0.39 is 0 Å². The summed E-state index contributed by atoms with van der Waals surface area (Å²) < 4.78 is 0. The van der Waals surface area contributed by atoms with Crippen molar-refractivity contribution < 1.29 is 4.79 Å². The number of rotatable bonds is 3. The van der Waals surface area contributed by atoms with E-state index in [0.29, 0.717) is 17.2 Å². The second-order valence-electron chi connectivity index (χ2n) is 5.12. The van der Waals surface area contributed by atoms with Gasteiger partial charge in [-0.3, -0.25) is 9.69 Å². The zero-order chi connectivity index (χ0) is 13.8. The first kappa shape index (κ1) is 13.6. The van der Waals surface area contributed by atoms with Gasteiger partial charge in [0.2, 0.25) is 0 Å². The fraction of sp³-hybridized carbons (Fsp3) is 0.467. The molecule has 0 N–H and O–H groups in total. The summed E-state index contributed by atoms with van der Waals surface area (Å²) in [5, 5.41) is 9.21. The van der Waals surface area contributed by atoms with Crippen molar-refractivity contribution in [1.82, 2.24) is 4.90 Å². The number of nitriles is 1. The number of aldehydes is 1. The molecule has 1 saturated heterocycles. The number of nitrogens with zero attached hydrogens (tertiary/aromatic N) is 3. The van der Waals surface area contributed by atoms with Crippen LogP contribution in [0.15, 0.2) is 18.2 Å². The molecular weight excluding hydrogens is 238 g/mol. The van der Waals surface area contributed by atoms with Crippen molar-refractivity contribution in [3.63, 3.8) is 0 Å². The van der Waals surface area contributed by atoms with Gasteiger partial charge >= 0.3 is 0 Å². The van der Waals surface area contributed by atoms with Crippen LogP contribution >= 0.6 is 0 Å². The lowest BCUT2D eigenvalue weighted by molar-refractivity contribution is 0.112. The third-order valence-corrected chi connectivity index (χ3v) is 3.66. The van der Waals surface area contributed by atoms with Gasteiger partial charge in [-0.2, -0.15) is 5.26 Å². The van der Waals surface area contributed by atoms with E-state index in [9.17, 15) is 10.1 Å². The molecule has 0 unspecified atom stereocenters. The molecule has 19 heavy (non-hydrogen) atoms. The van der Waals surface area contributed by atoms with Gasteiger partial charge in [0.25, 0.3) is 0 Å². The lowest BCUT2D eigenvalue weighted by atomic mass is 10.1. The number of carbonyl (C=O) groups is 1. The summed E-state index contributed by atoms with van der Waals surface area (Å²) in [7, 11) is 0. The maximum Gasteiger partial charge on any atom is 0.150 e. The molecule has 1 aromatic carbocycles. The number of piperazine rings is 1. The monoisotopic (exact) mass is 257 g/mol. The molecule has 1 aliphatic heterocycles. The summed E-state index contributed by atoms with van der Waals surface area (Å²) in [5.41, 5.74) is 2.08. The van der Waals surface area contributed by atoms with Crippen LogP contribution in [0.2, 0.25) is 0 Å². The summed E-state index contributed by atoms with van der Waals surface area (Å²) in [6.07, 6.45) is 0.779. The molecule has 0 aromatic heterocycles. The molecule has 100 valence electrons. The van der Waals surface area contributed by atoms with Crippen LogP contribution in [0.4, 0.5) is 5.69 Å². The highest BCUT2D eigenvalue weighted by Gasteiger charge is 2.20. The molecule has 0 aliphatic carbocycles. The van der Waals surface area contributed by atoms with Crippen LogP contribution in [-0.4, -0.2) is 43.4 Å². The van der Waals surface area contributed by atoms with Gasteiger partial charge in [0.05, 0.1) is 11.3 Å². The molecule has 2 rings (SSSR count). The third-order valence-electron chi connectivity index (χ3n) is 3.66. The van der Waals surface area contributed by atoms with E-state index in [4.69, 9.17) is 0 Å². The van der Waals surface area contributed by atoms with Crippen molar-refractivity contribution in [2.45, 2.75) is 19.9 Å². The van der Waals surface area contributed by atoms with Crippen molar-refractivity contribution in [3.05, 3.63) is 29.3 Å². The topological polar surface area (TPSA) is 47.3 Å². The Hall–Kier alpha value is -1.86. The summed E-state index contributed by atoms with van der Waals surface area (Å²) in [6.45, 7) is 8.28. The Morgan fingerprint density at radius 3 is 2.47 bits per heavy atom. The molecule has 0 bridgehead atoms. The van der Waals surface area contributed by atoms with Gasteiger partial charge in [0, 0.05) is 37.8 Å². The second-order valence-corrected chi connectivity index (χ2v) is 5.12. The molecule has 4 heteroatoms. The van der Waals surface area contributed by atoms with Crippen LogP contribution in [-0.2, 0) is 0 Å². The molecule has 0 radical (unpaired) electrons. The predicted molar refractivity (Wildman–Crippen MR) is 75.5 cm³/mol. The lowest BCUT2D eigenvalue weighted by Gasteiger charge is -2.38. The molecule has 0 spiro atoms. The van der Waals surface area contributed by atoms with E-state index >= 15 is 0 Å². The van der Waals surface area contributed by atoms with Crippen molar-refractivity contribution in [3.8, 4) is 6.07 Å². The zero-order valence-corrected chi connectivity index (χ0v) is 11.5. The minimum Gasteiger partial charge on any atom is -0.368 e. The van der Waals surface area contributed by atoms with Crippen LogP contribution < -0.4 is 4.90 Å². The number of hydrogen-bond acceptors (Lipinski definition) is 4. The molecule has 4 nitrogen and oxygen atoms in total. The maximum absolute atomic E-state index is 10.8. The average molecular weight is 257 g/mol. The fourth-order valence-corrected chi connectivity index (χ4v) is 2.47. The van der Waals surface area contributed by atoms with E-state index in [2.05, 4.69) is 29.7 Å². The van der Waals surface area contributed by atoms with Gasteiger partial charge in [0.1, 0.15) is 12.4 Å². The molecular formula is C15H19N3O. The number of carbonyl (C=O) groups excluding carboxylic acids is 1. The minimum absolute atomic E-state index is 0.557. The summed E-state index contributed by atoms with van der Waals surface area (Å²) in [6, 6.07) is 8.07. The Labute approximate surface area is 114 Å². The molecule has 1 fully saturated rings. The molecule has 0 atom stereocenters. The zero-order valence-electron chi connectivity index (χ0n) is 11.5. The Morgan fingerprint density at radius 2 is 1.95 bits per heavy atom. The van der Waals surface area contributed by atoms with Gasteiger partial charge in [-0.05, 0) is 32.0 Å².